The molecule has 0 bridgehead atoms. The zero-order valence-electron chi connectivity index (χ0n) is 11.9. The third kappa shape index (κ3) is 4.19. The van der Waals surface area contributed by atoms with Gasteiger partial charge in [0.1, 0.15) is 17.7 Å². The number of aryl methyl sites for hydroxylation is 1. The summed E-state index contributed by atoms with van der Waals surface area (Å²) < 4.78 is 1.43. The van der Waals surface area contributed by atoms with E-state index >= 15 is 0 Å². The molecule has 0 aliphatic heterocycles. The molecule has 0 amide bonds. The number of aliphatic carboxylic acids is 1. The van der Waals surface area contributed by atoms with E-state index in [-0.39, 0.29) is 18.5 Å². The van der Waals surface area contributed by atoms with Crippen LogP contribution in [0.15, 0.2) is 36.0 Å². The Balaban J connectivity index is 2.50. The molecule has 0 atom stereocenters. The standard InChI is InChI=1S/C16H11ClN4O2/c17-14-3-1-2-12(7-14)16-13(6-11(8-18)9-19)10-21(20-16)5-4-15(22)23/h1-3,6-7,10H,4-5H2,(H,22,23)/p-1. The number of carboxylic acids is 1. The van der Waals surface area contributed by atoms with Gasteiger partial charge in [0.25, 0.3) is 0 Å². The van der Waals surface area contributed by atoms with Gasteiger partial charge < -0.3 is 9.90 Å². The van der Waals surface area contributed by atoms with E-state index in [9.17, 15) is 9.90 Å². The largest absolute Gasteiger partial charge is 0.550 e. The zero-order valence-corrected chi connectivity index (χ0v) is 12.6. The van der Waals surface area contributed by atoms with Crippen LogP contribution in [0.3, 0.4) is 0 Å². The number of carboxylic acid groups (broad SMARTS) is 1. The number of rotatable bonds is 5. The number of hydrogen-bond acceptors (Lipinski definition) is 5. The lowest BCUT2D eigenvalue weighted by molar-refractivity contribution is -0.306. The Morgan fingerprint density at radius 3 is 2.74 bits per heavy atom. The van der Waals surface area contributed by atoms with Crippen LogP contribution in [0.25, 0.3) is 17.3 Å². The van der Waals surface area contributed by atoms with E-state index in [1.165, 1.54) is 10.8 Å². The van der Waals surface area contributed by atoms with Gasteiger partial charge >= 0.3 is 0 Å². The van der Waals surface area contributed by atoms with Gasteiger partial charge in [0.05, 0.1) is 5.69 Å². The van der Waals surface area contributed by atoms with E-state index in [2.05, 4.69) is 5.10 Å². The average molecular weight is 326 g/mol. The average Bonchev–Trinajstić information content (AvgIpc) is 2.93. The van der Waals surface area contributed by atoms with Gasteiger partial charge in [-0.25, -0.2) is 0 Å². The summed E-state index contributed by atoms with van der Waals surface area (Å²) in [6.07, 6.45) is 2.79. The monoisotopic (exact) mass is 325 g/mol. The summed E-state index contributed by atoms with van der Waals surface area (Å²) in [5.41, 5.74) is 1.66. The molecular weight excluding hydrogens is 316 g/mol. The zero-order chi connectivity index (χ0) is 16.8. The van der Waals surface area contributed by atoms with Crippen molar-refractivity contribution >= 4 is 23.6 Å². The van der Waals surface area contributed by atoms with Crippen molar-refractivity contribution in [3.63, 3.8) is 0 Å². The summed E-state index contributed by atoms with van der Waals surface area (Å²) in [5, 5.41) is 33.2. The van der Waals surface area contributed by atoms with Gasteiger partial charge in [0.2, 0.25) is 0 Å². The fourth-order valence-corrected chi connectivity index (χ4v) is 2.16. The predicted molar refractivity (Wildman–Crippen MR) is 81.5 cm³/mol. The number of carbonyl (C=O) groups excluding carboxylic acids is 1. The van der Waals surface area contributed by atoms with Gasteiger partial charge in [-0.15, -0.1) is 0 Å². The first-order chi connectivity index (χ1) is 11.0. The summed E-state index contributed by atoms with van der Waals surface area (Å²) in [6, 6.07) is 10.5. The van der Waals surface area contributed by atoms with Crippen LogP contribution < -0.4 is 5.11 Å². The van der Waals surface area contributed by atoms with Crippen molar-refractivity contribution < 1.29 is 9.90 Å². The molecule has 2 rings (SSSR count). The summed E-state index contributed by atoms with van der Waals surface area (Å²) in [7, 11) is 0. The lowest BCUT2D eigenvalue weighted by Crippen LogP contribution is -2.23. The fraction of sp³-hybridized carbons (Fsp3) is 0.125. The molecule has 23 heavy (non-hydrogen) atoms. The Morgan fingerprint density at radius 1 is 1.39 bits per heavy atom. The summed E-state index contributed by atoms with van der Waals surface area (Å²) in [4.78, 5) is 10.6. The molecule has 1 aromatic heterocycles. The SMILES string of the molecule is N#CC(C#N)=Cc1cn(CCC(=O)[O-])nc1-c1cccc(Cl)c1. The summed E-state index contributed by atoms with van der Waals surface area (Å²) in [5.74, 6) is -1.18. The Labute approximate surface area is 137 Å². The van der Waals surface area contributed by atoms with Crippen LogP contribution in [0.2, 0.25) is 5.02 Å². The molecule has 1 heterocycles. The maximum atomic E-state index is 10.6. The first-order valence-corrected chi connectivity index (χ1v) is 6.96. The van der Waals surface area contributed by atoms with Crippen LogP contribution in [-0.4, -0.2) is 15.7 Å². The normalized spacial score (nSPS) is 9.70. The fourth-order valence-electron chi connectivity index (χ4n) is 1.97. The molecule has 7 heteroatoms. The minimum atomic E-state index is -1.18. The van der Waals surface area contributed by atoms with Crippen LogP contribution in [-0.2, 0) is 11.3 Å². The quantitative estimate of drug-likeness (QED) is 0.779. The minimum Gasteiger partial charge on any atom is -0.550 e. The number of aromatic nitrogens is 2. The molecule has 0 radical (unpaired) electrons. The van der Waals surface area contributed by atoms with E-state index in [4.69, 9.17) is 22.1 Å². The highest BCUT2D eigenvalue weighted by Crippen LogP contribution is 2.26. The third-order valence-electron chi connectivity index (χ3n) is 2.97. The van der Waals surface area contributed by atoms with Crippen LogP contribution >= 0.6 is 11.6 Å². The Bertz CT molecular complexity index is 840. The lowest BCUT2D eigenvalue weighted by Gasteiger charge is -2.02. The molecular formula is C16H10ClN4O2-. The van der Waals surface area contributed by atoms with Gasteiger partial charge in [-0.3, -0.25) is 4.68 Å². The Hall–Kier alpha value is -3.09. The van der Waals surface area contributed by atoms with Crippen molar-refractivity contribution in [2.45, 2.75) is 13.0 Å². The van der Waals surface area contributed by atoms with E-state index in [0.29, 0.717) is 21.8 Å². The minimum absolute atomic E-state index is 0.0762. The number of carbonyl (C=O) groups is 1. The van der Waals surface area contributed by atoms with Crippen molar-refractivity contribution in [1.82, 2.24) is 9.78 Å². The molecule has 6 nitrogen and oxygen atoms in total. The number of halogens is 1. The second-order valence-corrected chi connectivity index (χ2v) is 5.05. The van der Waals surface area contributed by atoms with E-state index < -0.39 is 5.97 Å². The molecule has 0 fully saturated rings. The van der Waals surface area contributed by atoms with Gasteiger partial charge in [-0.1, -0.05) is 23.7 Å². The maximum absolute atomic E-state index is 10.6. The molecule has 2 aromatic rings. The second-order valence-electron chi connectivity index (χ2n) is 4.61. The lowest BCUT2D eigenvalue weighted by atomic mass is 10.1. The van der Waals surface area contributed by atoms with Gasteiger partial charge in [0, 0.05) is 41.3 Å². The topological polar surface area (TPSA) is 106 Å². The molecule has 0 spiro atoms. The van der Waals surface area contributed by atoms with Crippen LogP contribution in [0.5, 0.6) is 0 Å². The number of hydrogen-bond donors (Lipinski definition) is 0. The molecule has 114 valence electrons. The van der Waals surface area contributed by atoms with Crippen molar-refractivity contribution in [2.75, 3.05) is 0 Å². The molecule has 0 saturated heterocycles. The second kappa shape index (κ2) is 7.26. The number of allylic oxidation sites excluding steroid dienone is 1. The third-order valence-corrected chi connectivity index (χ3v) is 3.21. The van der Waals surface area contributed by atoms with E-state index in [1.54, 1.807) is 42.6 Å². The van der Waals surface area contributed by atoms with E-state index in [0.717, 1.165) is 0 Å². The first-order valence-electron chi connectivity index (χ1n) is 6.58. The Morgan fingerprint density at radius 2 is 2.13 bits per heavy atom. The van der Waals surface area contributed by atoms with Gasteiger partial charge in [-0.05, 0) is 18.2 Å². The van der Waals surface area contributed by atoms with Gasteiger partial charge in [0.15, 0.2) is 0 Å². The maximum Gasteiger partial charge on any atom is 0.130 e. The van der Waals surface area contributed by atoms with Crippen LogP contribution in [0.1, 0.15) is 12.0 Å². The van der Waals surface area contributed by atoms with Crippen molar-refractivity contribution in [2.24, 2.45) is 0 Å². The van der Waals surface area contributed by atoms with Crippen LogP contribution in [0.4, 0.5) is 0 Å². The van der Waals surface area contributed by atoms with Crippen molar-refractivity contribution in [1.29, 1.82) is 10.5 Å². The highest BCUT2D eigenvalue weighted by atomic mass is 35.5. The molecule has 0 aliphatic carbocycles. The first kappa shape index (κ1) is 16.3. The van der Waals surface area contributed by atoms with E-state index in [1.807, 2.05) is 0 Å². The molecule has 1 aromatic carbocycles. The van der Waals surface area contributed by atoms with Crippen molar-refractivity contribution in [3.8, 4) is 23.4 Å². The highest BCUT2D eigenvalue weighted by Gasteiger charge is 2.11. The molecule has 0 N–H and O–H groups in total. The Kier molecular flexibility index (Phi) is 5.14. The number of benzene rings is 1. The molecule has 0 unspecified atom stereocenters. The van der Waals surface area contributed by atoms with Crippen molar-refractivity contribution in [3.05, 3.63) is 46.6 Å². The smallest absolute Gasteiger partial charge is 0.130 e. The van der Waals surface area contributed by atoms with Crippen LogP contribution in [0, 0.1) is 22.7 Å². The number of nitrogens with zero attached hydrogens (tertiary/aromatic N) is 4. The summed E-state index contributed by atoms with van der Waals surface area (Å²) >= 11 is 5.98. The summed E-state index contributed by atoms with van der Waals surface area (Å²) in [6.45, 7) is 0.123. The van der Waals surface area contributed by atoms with Gasteiger partial charge in [-0.2, -0.15) is 15.6 Å². The number of nitriles is 2. The predicted octanol–water partition coefficient (Wildman–Crippen LogP) is 1.77. The molecule has 0 saturated carbocycles. The molecule has 0 aliphatic rings. The highest BCUT2D eigenvalue weighted by molar-refractivity contribution is 6.30.